The highest BCUT2D eigenvalue weighted by molar-refractivity contribution is 5.84. The molecule has 0 bridgehead atoms. The Kier molecular flexibility index (Phi) is 4.65. The zero-order valence-corrected chi connectivity index (χ0v) is 9.59. The van der Waals surface area contributed by atoms with Gasteiger partial charge in [-0.05, 0) is 13.0 Å². The second-order valence-corrected chi connectivity index (χ2v) is 3.68. The molecule has 7 nitrogen and oxygen atoms in total. The number of rotatable bonds is 6. The van der Waals surface area contributed by atoms with Crippen molar-refractivity contribution in [1.82, 2.24) is 15.1 Å². The highest BCUT2D eigenvalue weighted by atomic mass is 16.4. The van der Waals surface area contributed by atoms with Gasteiger partial charge in [-0.1, -0.05) is 0 Å². The van der Waals surface area contributed by atoms with Crippen molar-refractivity contribution in [1.29, 1.82) is 0 Å². The number of carbonyl (C=O) groups is 2. The van der Waals surface area contributed by atoms with Gasteiger partial charge >= 0.3 is 5.97 Å². The minimum atomic E-state index is -1.11. The van der Waals surface area contributed by atoms with Crippen LogP contribution in [0.4, 0.5) is 0 Å². The van der Waals surface area contributed by atoms with Crippen molar-refractivity contribution in [3.8, 4) is 0 Å². The van der Waals surface area contributed by atoms with E-state index in [4.69, 9.17) is 10.8 Å². The second-order valence-electron chi connectivity index (χ2n) is 3.68. The third kappa shape index (κ3) is 3.87. The molecule has 7 heteroatoms. The molecule has 0 saturated carbocycles. The first kappa shape index (κ1) is 13.2. The van der Waals surface area contributed by atoms with Crippen molar-refractivity contribution in [3.05, 3.63) is 18.0 Å². The van der Waals surface area contributed by atoms with Gasteiger partial charge in [0.1, 0.15) is 0 Å². The van der Waals surface area contributed by atoms with Crippen LogP contribution < -0.4 is 11.1 Å². The number of carbonyl (C=O) groups excluding carboxylic acids is 1. The molecule has 1 amide bonds. The summed E-state index contributed by atoms with van der Waals surface area (Å²) in [4.78, 5) is 22.5. The number of carboxylic acid groups (broad SMARTS) is 1. The predicted octanol–water partition coefficient (Wildman–Crippen LogP) is -0.599. The fraction of sp³-hybridized carbons (Fsp3) is 0.500. The maximum absolute atomic E-state index is 11.4. The molecule has 17 heavy (non-hydrogen) atoms. The number of hydrogen-bond donors (Lipinski definition) is 3. The topological polar surface area (TPSA) is 110 Å². The average Bonchev–Trinajstić information content (AvgIpc) is 2.69. The van der Waals surface area contributed by atoms with Crippen LogP contribution in [0.25, 0.3) is 0 Å². The van der Waals surface area contributed by atoms with Crippen LogP contribution >= 0.6 is 0 Å². The largest absolute Gasteiger partial charge is 0.479 e. The quantitative estimate of drug-likeness (QED) is 0.615. The highest BCUT2D eigenvalue weighted by Gasteiger charge is 2.22. The van der Waals surface area contributed by atoms with Crippen LogP contribution in [0.5, 0.6) is 0 Å². The summed E-state index contributed by atoms with van der Waals surface area (Å²) in [7, 11) is 1.68. The molecular formula is C10H16N4O3. The molecule has 0 spiro atoms. The summed E-state index contributed by atoms with van der Waals surface area (Å²) in [5.74, 6) is -1.44. The molecule has 0 aromatic carbocycles. The summed E-state index contributed by atoms with van der Waals surface area (Å²) in [5, 5.41) is 15.3. The Morgan fingerprint density at radius 1 is 1.65 bits per heavy atom. The molecule has 1 unspecified atom stereocenters. The summed E-state index contributed by atoms with van der Waals surface area (Å²) >= 11 is 0. The number of amides is 1. The number of hydrogen-bond acceptors (Lipinski definition) is 4. The molecule has 0 aliphatic heterocycles. The minimum absolute atomic E-state index is 0.223. The van der Waals surface area contributed by atoms with Crippen molar-refractivity contribution in [2.75, 3.05) is 6.54 Å². The van der Waals surface area contributed by atoms with E-state index in [1.165, 1.54) is 10.9 Å². The number of nitrogens with two attached hydrogens (primary N) is 1. The number of carboxylic acids is 1. The average molecular weight is 240 g/mol. The van der Waals surface area contributed by atoms with Gasteiger partial charge in [-0.3, -0.25) is 9.48 Å². The molecule has 0 aliphatic rings. The van der Waals surface area contributed by atoms with Crippen molar-refractivity contribution in [2.45, 2.75) is 18.9 Å². The van der Waals surface area contributed by atoms with Gasteiger partial charge in [0.05, 0.1) is 6.20 Å². The first-order chi connectivity index (χ1) is 8.04. The molecule has 0 saturated heterocycles. The lowest BCUT2D eigenvalue weighted by Crippen LogP contribution is -2.33. The van der Waals surface area contributed by atoms with Gasteiger partial charge in [0.2, 0.25) is 5.91 Å². The number of aryl methyl sites for hydroxylation is 1. The predicted molar refractivity (Wildman–Crippen MR) is 60.0 cm³/mol. The van der Waals surface area contributed by atoms with Gasteiger partial charge in [0.25, 0.3) is 0 Å². The van der Waals surface area contributed by atoms with Crippen LogP contribution in [0.15, 0.2) is 12.4 Å². The van der Waals surface area contributed by atoms with E-state index in [0.29, 0.717) is 18.5 Å². The van der Waals surface area contributed by atoms with E-state index >= 15 is 0 Å². The lowest BCUT2D eigenvalue weighted by Gasteiger charge is -2.12. The van der Waals surface area contributed by atoms with Gasteiger partial charge in [-0.15, -0.1) is 0 Å². The van der Waals surface area contributed by atoms with Crippen molar-refractivity contribution < 1.29 is 14.7 Å². The zero-order valence-electron chi connectivity index (χ0n) is 9.59. The van der Waals surface area contributed by atoms with E-state index in [0.717, 1.165) is 0 Å². The Labute approximate surface area is 98.6 Å². The van der Waals surface area contributed by atoms with Crippen molar-refractivity contribution in [3.63, 3.8) is 0 Å². The molecule has 1 atom stereocenters. The Bertz CT molecular complexity index is 402. The summed E-state index contributed by atoms with van der Waals surface area (Å²) in [6.45, 7) is 0.401. The summed E-state index contributed by atoms with van der Waals surface area (Å²) in [6, 6.07) is -1.06. The molecule has 0 aliphatic carbocycles. The highest BCUT2D eigenvalue weighted by Crippen LogP contribution is 2.12. The molecule has 0 fully saturated rings. The summed E-state index contributed by atoms with van der Waals surface area (Å²) in [5.41, 5.74) is 5.72. The SMILES string of the molecule is Cn1cc(C(NC(=O)CCCN)C(=O)O)cn1. The van der Waals surface area contributed by atoms with Crippen LogP contribution in [0, 0.1) is 0 Å². The second kappa shape index (κ2) is 6.00. The van der Waals surface area contributed by atoms with Crippen LogP contribution in [0.2, 0.25) is 0 Å². The summed E-state index contributed by atoms with van der Waals surface area (Å²) < 4.78 is 1.48. The van der Waals surface area contributed by atoms with Crippen LogP contribution in [0.3, 0.4) is 0 Å². The minimum Gasteiger partial charge on any atom is -0.479 e. The lowest BCUT2D eigenvalue weighted by molar-refractivity contribution is -0.142. The molecule has 0 radical (unpaired) electrons. The maximum Gasteiger partial charge on any atom is 0.331 e. The molecule has 1 aromatic rings. The Morgan fingerprint density at radius 3 is 2.82 bits per heavy atom. The van der Waals surface area contributed by atoms with Crippen LogP contribution in [0.1, 0.15) is 24.4 Å². The summed E-state index contributed by atoms with van der Waals surface area (Å²) in [6.07, 6.45) is 3.73. The number of aliphatic carboxylic acids is 1. The van der Waals surface area contributed by atoms with Gasteiger partial charge in [-0.25, -0.2) is 4.79 Å². The lowest BCUT2D eigenvalue weighted by atomic mass is 10.1. The van der Waals surface area contributed by atoms with E-state index in [1.54, 1.807) is 13.2 Å². The van der Waals surface area contributed by atoms with Gasteiger partial charge in [0, 0.05) is 25.2 Å². The Hall–Kier alpha value is -1.89. The fourth-order valence-electron chi connectivity index (χ4n) is 1.37. The van der Waals surface area contributed by atoms with Gasteiger partial charge in [0.15, 0.2) is 6.04 Å². The van der Waals surface area contributed by atoms with Crippen molar-refractivity contribution in [2.24, 2.45) is 12.8 Å². The third-order valence-corrected chi connectivity index (χ3v) is 2.22. The van der Waals surface area contributed by atoms with E-state index in [1.807, 2.05) is 0 Å². The molecular weight excluding hydrogens is 224 g/mol. The third-order valence-electron chi connectivity index (χ3n) is 2.22. The molecule has 4 N–H and O–H groups in total. The first-order valence-corrected chi connectivity index (χ1v) is 5.25. The van der Waals surface area contributed by atoms with Crippen molar-refractivity contribution >= 4 is 11.9 Å². The smallest absolute Gasteiger partial charge is 0.331 e. The number of nitrogens with zero attached hydrogens (tertiary/aromatic N) is 2. The molecule has 1 heterocycles. The standard InChI is InChI=1S/C10H16N4O3/c1-14-6-7(5-12-14)9(10(16)17)13-8(15)3-2-4-11/h5-6,9H,2-4,11H2,1H3,(H,13,15)(H,16,17). The first-order valence-electron chi connectivity index (χ1n) is 5.25. The van der Waals surface area contributed by atoms with E-state index in [2.05, 4.69) is 10.4 Å². The van der Waals surface area contributed by atoms with E-state index in [9.17, 15) is 9.59 Å². The zero-order chi connectivity index (χ0) is 12.8. The van der Waals surface area contributed by atoms with E-state index in [-0.39, 0.29) is 12.3 Å². The maximum atomic E-state index is 11.4. The van der Waals surface area contributed by atoms with Crippen LogP contribution in [-0.4, -0.2) is 33.3 Å². The molecule has 1 aromatic heterocycles. The van der Waals surface area contributed by atoms with E-state index < -0.39 is 12.0 Å². The Morgan fingerprint density at radius 2 is 2.35 bits per heavy atom. The fourth-order valence-corrected chi connectivity index (χ4v) is 1.37. The number of aromatic nitrogens is 2. The van der Waals surface area contributed by atoms with Gasteiger partial charge in [-0.2, -0.15) is 5.10 Å². The monoisotopic (exact) mass is 240 g/mol. The molecule has 1 rings (SSSR count). The molecule has 94 valence electrons. The van der Waals surface area contributed by atoms with Crippen LogP contribution in [-0.2, 0) is 16.6 Å². The Balaban J connectivity index is 2.67. The normalized spacial score (nSPS) is 12.1. The van der Waals surface area contributed by atoms with Gasteiger partial charge < -0.3 is 16.2 Å². The number of nitrogens with one attached hydrogen (secondary N) is 1.